The second-order valence-corrected chi connectivity index (χ2v) is 3.93. The minimum atomic E-state index is -0.767. The molecule has 0 aromatic heterocycles. The fourth-order valence-electron chi connectivity index (χ4n) is 1.08. The molecular formula is C8H20N4O. The molecule has 0 radical (unpaired) electrons. The molecule has 0 aliphatic rings. The van der Waals surface area contributed by atoms with Gasteiger partial charge in [0.1, 0.15) is 0 Å². The summed E-state index contributed by atoms with van der Waals surface area (Å²) >= 11 is 0. The number of carbonyl (C=O) groups excluding carboxylic acids is 1. The largest absolute Gasteiger partial charge is 0.295 e. The van der Waals surface area contributed by atoms with Crippen molar-refractivity contribution in [3.8, 4) is 0 Å². The molecule has 0 heterocycles. The first-order chi connectivity index (χ1) is 5.84. The fraction of sp³-hybridized carbons (Fsp3) is 0.875. The van der Waals surface area contributed by atoms with Crippen LogP contribution in [0.1, 0.15) is 34.1 Å². The second kappa shape index (κ2) is 4.15. The monoisotopic (exact) mass is 188 g/mol. The molecule has 0 rings (SSSR count). The molecule has 5 heteroatoms. The van der Waals surface area contributed by atoms with E-state index >= 15 is 0 Å². The number of hydrogen-bond donors (Lipinski definition) is 4. The van der Waals surface area contributed by atoms with Crippen LogP contribution in [0, 0.1) is 0 Å². The minimum absolute atomic E-state index is 0.0486. The number of carbonyl (C=O) groups is 1. The summed E-state index contributed by atoms with van der Waals surface area (Å²) in [6.07, 6.45) is 0.618. The Bertz CT molecular complexity index is 187. The molecule has 0 aliphatic heterocycles. The van der Waals surface area contributed by atoms with Gasteiger partial charge in [-0.05, 0) is 27.2 Å². The molecular weight excluding hydrogens is 168 g/mol. The lowest BCUT2D eigenvalue weighted by Crippen LogP contribution is -2.64. The van der Waals surface area contributed by atoms with Crippen molar-refractivity contribution in [3.63, 3.8) is 0 Å². The summed E-state index contributed by atoms with van der Waals surface area (Å²) in [5, 5.41) is 0. The Kier molecular flexibility index (Phi) is 3.99. The first-order valence-corrected chi connectivity index (χ1v) is 4.34. The molecule has 1 unspecified atom stereocenters. The van der Waals surface area contributed by atoms with E-state index in [9.17, 15) is 4.79 Å². The Hall–Kier alpha value is -0.490. The lowest BCUT2D eigenvalue weighted by molar-refractivity contribution is -0.130. The number of hydrogen-bond acceptors (Lipinski definition) is 5. The minimum Gasteiger partial charge on any atom is -0.295 e. The summed E-state index contributed by atoms with van der Waals surface area (Å²) in [5.41, 5.74) is 3.50. The topological polar surface area (TPSA) is 93.2 Å². The maximum atomic E-state index is 11.9. The van der Waals surface area contributed by atoms with E-state index < -0.39 is 11.1 Å². The van der Waals surface area contributed by atoms with Gasteiger partial charge in [0, 0.05) is 0 Å². The van der Waals surface area contributed by atoms with Gasteiger partial charge < -0.3 is 0 Å². The van der Waals surface area contributed by atoms with Crippen LogP contribution in [0.15, 0.2) is 0 Å². The van der Waals surface area contributed by atoms with Crippen LogP contribution in [0.25, 0.3) is 0 Å². The second-order valence-electron chi connectivity index (χ2n) is 3.93. The third-order valence-corrected chi connectivity index (χ3v) is 2.46. The predicted octanol–water partition coefficient (Wildman–Crippen LogP) is -0.571. The maximum Gasteiger partial charge on any atom is 0.174 e. The zero-order chi connectivity index (χ0) is 10.7. The van der Waals surface area contributed by atoms with Gasteiger partial charge in [0.2, 0.25) is 0 Å². The Balaban J connectivity index is 4.75. The Morgan fingerprint density at radius 1 is 1.23 bits per heavy atom. The normalized spacial score (nSPS) is 16.8. The van der Waals surface area contributed by atoms with Crippen LogP contribution in [-0.2, 0) is 4.79 Å². The van der Waals surface area contributed by atoms with Gasteiger partial charge in [-0.3, -0.25) is 16.5 Å². The predicted molar refractivity (Wildman–Crippen MR) is 52.4 cm³/mol. The smallest absolute Gasteiger partial charge is 0.174 e. The molecule has 0 aromatic carbocycles. The number of hydrazine groups is 2. The van der Waals surface area contributed by atoms with Gasteiger partial charge in [-0.1, -0.05) is 6.92 Å². The first kappa shape index (κ1) is 12.5. The maximum absolute atomic E-state index is 11.9. The zero-order valence-electron chi connectivity index (χ0n) is 8.77. The van der Waals surface area contributed by atoms with E-state index in [1.54, 1.807) is 20.8 Å². The number of ketones is 1. The average molecular weight is 188 g/mol. The van der Waals surface area contributed by atoms with Crippen molar-refractivity contribution in [2.24, 2.45) is 11.7 Å². The van der Waals surface area contributed by atoms with Gasteiger partial charge >= 0.3 is 0 Å². The molecule has 0 saturated heterocycles. The van der Waals surface area contributed by atoms with Crippen LogP contribution in [0.3, 0.4) is 0 Å². The zero-order valence-corrected chi connectivity index (χ0v) is 8.77. The van der Waals surface area contributed by atoms with E-state index in [2.05, 4.69) is 10.9 Å². The van der Waals surface area contributed by atoms with E-state index in [-0.39, 0.29) is 5.78 Å². The summed E-state index contributed by atoms with van der Waals surface area (Å²) < 4.78 is 0. The van der Waals surface area contributed by atoms with Crippen molar-refractivity contribution in [3.05, 3.63) is 0 Å². The summed E-state index contributed by atoms with van der Waals surface area (Å²) in [4.78, 5) is 11.9. The molecule has 13 heavy (non-hydrogen) atoms. The Morgan fingerprint density at radius 3 is 1.92 bits per heavy atom. The number of nitrogens with one attached hydrogen (secondary N) is 2. The van der Waals surface area contributed by atoms with E-state index in [4.69, 9.17) is 11.7 Å². The highest BCUT2D eigenvalue weighted by Gasteiger charge is 2.39. The highest BCUT2D eigenvalue weighted by molar-refractivity contribution is 5.95. The van der Waals surface area contributed by atoms with Crippen molar-refractivity contribution >= 4 is 5.78 Å². The number of nitrogens with two attached hydrogens (primary N) is 2. The van der Waals surface area contributed by atoms with Crippen LogP contribution in [0.4, 0.5) is 0 Å². The van der Waals surface area contributed by atoms with Gasteiger partial charge in [-0.2, -0.15) is 0 Å². The highest BCUT2D eigenvalue weighted by atomic mass is 16.1. The van der Waals surface area contributed by atoms with Crippen molar-refractivity contribution in [1.82, 2.24) is 10.9 Å². The number of rotatable bonds is 5. The average Bonchev–Trinajstić information content (AvgIpc) is 2.15. The van der Waals surface area contributed by atoms with Crippen molar-refractivity contribution in [1.29, 1.82) is 0 Å². The van der Waals surface area contributed by atoms with E-state index in [1.807, 2.05) is 6.92 Å². The molecule has 78 valence electrons. The molecule has 5 nitrogen and oxygen atoms in total. The van der Waals surface area contributed by atoms with Gasteiger partial charge in [0.25, 0.3) is 0 Å². The molecule has 0 aliphatic carbocycles. The van der Waals surface area contributed by atoms with Crippen LogP contribution in [0.2, 0.25) is 0 Å². The molecule has 0 aromatic rings. The standard InChI is InChI=1S/C8H20N4O/c1-5-8(4,12-10)6(13)7(2,3)11-9/h11-12H,5,9-10H2,1-4H3. The lowest BCUT2D eigenvalue weighted by atomic mass is 9.83. The van der Waals surface area contributed by atoms with Crippen molar-refractivity contribution < 1.29 is 4.79 Å². The lowest BCUT2D eigenvalue weighted by Gasteiger charge is -2.34. The highest BCUT2D eigenvalue weighted by Crippen LogP contribution is 2.17. The molecule has 1 atom stereocenters. The van der Waals surface area contributed by atoms with Crippen LogP contribution >= 0.6 is 0 Å². The Labute approximate surface area is 79.2 Å². The van der Waals surface area contributed by atoms with E-state index in [0.717, 1.165) is 0 Å². The molecule has 0 bridgehead atoms. The van der Waals surface area contributed by atoms with Crippen LogP contribution in [0.5, 0.6) is 0 Å². The summed E-state index contributed by atoms with van der Waals surface area (Å²) in [5.74, 6) is 10.6. The quantitative estimate of drug-likeness (QED) is 0.342. The molecule has 0 amide bonds. The van der Waals surface area contributed by atoms with Crippen molar-refractivity contribution in [2.45, 2.75) is 45.2 Å². The first-order valence-electron chi connectivity index (χ1n) is 4.34. The molecule has 0 spiro atoms. The Morgan fingerprint density at radius 2 is 1.69 bits per heavy atom. The SMILES string of the molecule is CCC(C)(NN)C(=O)C(C)(C)NN. The molecule has 0 saturated carbocycles. The van der Waals surface area contributed by atoms with Gasteiger partial charge in [0.15, 0.2) is 5.78 Å². The summed E-state index contributed by atoms with van der Waals surface area (Å²) in [7, 11) is 0. The van der Waals surface area contributed by atoms with E-state index in [0.29, 0.717) is 6.42 Å². The molecule has 6 N–H and O–H groups in total. The van der Waals surface area contributed by atoms with Gasteiger partial charge in [0.05, 0.1) is 11.1 Å². The molecule has 0 fully saturated rings. The van der Waals surface area contributed by atoms with E-state index in [1.165, 1.54) is 0 Å². The third kappa shape index (κ3) is 2.47. The van der Waals surface area contributed by atoms with Gasteiger partial charge in [-0.15, -0.1) is 0 Å². The van der Waals surface area contributed by atoms with Crippen molar-refractivity contribution in [2.75, 3.05) is 0 Å². The van der Waals surface area contributed by atoms with Crippen LogP contribution < -0.4 is 22.5 Å². The van der Waals surface area contributed by atoms with Gasteiger partial charge in [-0.25, -0.2) is 10.9 Å². The summed E-state index contributed by atoms with van der Waals surface area (Å²) in [6, 6.07) is 0. The number of Topliss-reactive ketones (excluding diaryl/α,β-unsaturated/α-hetero) is 1. The van der Waals surface area contributed by atoms with Crippen LogP contribution in [-0.4, -0.2) is 16.9 Å². The summed E-state index contributed by atoms with van der Waals surface area (Å²) in [6.45, 7) is 7.10. The third-order valence-electron chi connectivity index (χ3n) is 2.46. The fourth-order valence-corrected chi connectivity index (χ4v) is 1.08.